The Morgan fingerprint density at radius 3 is 2.59 bits per heavy atom. The molecule has 7 heteroatoms. The van der Waals surface area contributed by atoms with Crippen molar-refractivity contribution in [2.75, 3.05) is 53.0 Å². The van der Waals surface area contributed by atoms with Gasteiger partial charge in [0.2, 0.25) is 5.91 Å². The van der Waals surface area contributed by atoms with Crippen LogP contribution in [0.3, 0.4) is 0 Å². The molecule has 2 heterocycles. The van der Waals surface area contributed by atoms with Crippen molar-refractivity contribution in [1.29, 1.82) is 0 Å². The summed E-state index contributed by atoms with van der Waals surface area (Å²) in [6.45, 7) is 6.56. The van der Waals surface area contributed by atoms with Gasteiger partial charge in [-0.3, -0.25) is 14.7 Å². The van der Waals surface area contributed by atoms with E-state index in [0.717, 1.165) is 64.7 Å². The molecule has 2 saturated heterocycles. The predicted octanol–water partition coefficient (Wildman–Crippen LogP) is 1.18. The summed E-state index contributed by atoms with van der Waals surface area (Å²) in [6.07, 6.45) is 9.11. The normalized spacial score (nSPS) is 27.4. The number of likely N-dealkylation sites (tertiary alicyclic amines) is 1. The number of carbonyl (C=O) groups is 1. The van der Waals surface area contributed by atoms with Crippen LogP contribution in [0.2, 0.25) is 0 Å². The number of piperidine rings is 1. The van der Waals surface area contributed by atoms with E-state index in [1.807, 2.05) is 7.05 Å². The predicted molar refractivity (Wildman–Crippen MR) is 108 cm³/mol. The van der Waals surface area contributed by atoms with Crippen molar-refractivity contribution < 1.29 is 9.53 Å². The minimum atomic E-state index is -0.196. The number of nitrogens with zero attached hydrogens (tertiary/aromatic N) is 3. The Kier molecular flexibility index (Phi) is 7.35. The minimum Gasteiger partial charge on any atom is -0.379 e. The number of amides is 1. The molecule has 3 N–H and O–H groups in total. The summed E-state index contributed by atoms with van der Waals surface area (Å²) in [5.41, 5.74) is 5.64. The molecule has 154 valence electrons. The number of nitrogens with two attached hydrogens (primary N) is 1. The Morgan fingerprint density at radius 1 is 1.19 bits per heavy atom. The molecule has 3 rings (SSSR count). The van der Waals surface area contributed by atoms with Crippen LogP contribution in [0.15, 0.2) is 4.99 Å². The molecule has 1 aliphatic carbocycles. The molecule has 0 radical (unpaired) electrons. The van der Waals surface area contributed by atoms with E-state index in [4.69, 9.17) is 10.5 Å². The van der Waals surface area contributed by atoms with Gasteiger partial charge in [-0.25, -0.2) is 0 Å². The maximum atomic E-state index is 11.3. The van der Waals surface area contributed by atoms with Crippen LogP contribution in [0.5, 0.6) is 0 Å². The molecular weight excluding hydrogens is 342 g/mol. The zero-order valence-electron chi connectivity index (χ0n) is 16.9. The van der Waals surface area contributed by atoms with Crippen LogP contribution in [-0.4, -0.2) is 80.2 Å². The lowest BCUT2D eigenvalue weighted by Crippen LogP contribution is -2.61. The molecule has 0 aromatic carbocycles. The summed E-state index contributed by atoms with van der Waals surface area (Å²) in [6, 6.07) is 0. The zero-order chi connectivity index (χ0) is 19.1. The highest BCUT2D eigenvalue weighted by molar-refractivity contribution is 5.80. The molecule has 7 nitrogen and oxygen atoms in total. The monoisotopic (exact) mass is 379 g/mol. The van der Waals surface area contributed by atoms with Crippen molar-refractivity contribution in [2.24, 2.45) is 16.6 Å². The second kappa shape index (κ2) is 9.73. The van der Waals surface area contributed by atoms with Crippen LogP contribution in [0.4, 0.5) is 0 Å². The van der Waals surface area contributed by atoms with Crippen LogP contribution >= 0.6 is 0 Å². The molecule has 0 aromatic rings. The van der Waals surface area contributed by atoms with E-state index in [0.29, 0.717) is 12.3 Å². The van der Waals surface area contributed by atoms with E-state index < -0.39 is 0 Å². The highest BCUT2D eigenvalue weighted by atomic mass is 16.5. The van der Waals surface area contributed by atoms with E-state index in [1.165, 1.54) is 32.1 Å². The van der Waals surface area contributed by atoms with Gasteiger partial charge < -0.3 is 20.7 Å². The fraction of sp³-hybridized carbons (Fsp3) is 0.900. The van der Waals surface area contributed by atoms with E-state index >= 15 is 0 Å². The summed E-state index contributed by atoms with van der Waals surface area (Å²) in [5, 5.41) is 3.70. The fourth-order valence-corrected chi connectivity index (χ4v) is 5.14. The third-order valence-electron chi connectivity index (χ3n) is 6.56. The molecule has 1 saturated carbocycles. The fourth-order valence-electron chi connectivity index (χ4n) is 5.14. The summed E-state index contributed by atoms with van der Waals surface area (Å²) < 4.78 is 5.59. The van der Waals surface area contributed by atoms with Gasteiger partial charge in [-0.15, -0.1) is 0 Å². The number of hydrogen-bond acceptors (Lipinski definition) is 4. The number of rotatable bonds is 5. The quantitative estimate of drug-likeness (QED) is 0.554. The molecule has 3 aliphatic rings. The van der Waals surface area contributed by atoms with Crippen molar-refractivity contribution >= 4 is 11.9 Å². The van der Waals surface area contributed by atoms with Gasteiger partial charge in [-0.1, -0.05) is 19.3 Å². The number of primary amides is 1. The van der Waals surface area contributed by atoms with Gasteiger partial charge in [0.25, 0.3) is 0 Å². The molecule has 3 fully saturated rings. The SMILES string of the molecule is CN=C(NCC1(N2CCOCC2)CCCCC1)N1CCCC(CC(N)=O)C1. The number of guanidine groups is 1. The van der Waals surface area contributed by atoms with Crippen LogP contribution in [0.25, 0.3) is 0 Å². The first kappa shape index (κ1) is 20.4. The second-order valence-corrected chi connectivity index (χ2v) is 8.41. The molecule has 2 aliphatic heterocycles. The topological polar surface area (TPSA) is 83.2 Å². The Labute approximate surface area is 163 Å². The van der Waals surface area contributed by atoms with Gasteiger partial charge in [-0.2, -0.15) is 0 Å². The maximum Gasteiger partial charge on any atom is 0.217 e. The minimum absolute atomic E-state index is 0.196. The van der Waals surface area contributed by atoms with Gasteiger partial charge >= 0.3 is 0 Å². The summed E-state index contributed by atoms with van der Waals surface area (Å²) in [4.78, 5) is 20.8. The summed E-state index contributed by atoms with van der Waals surface area (Å²) in [7, 11) is 1.86. The number of carbonyl (C=O) groups excluding carboxylic acids is 1. The molecule has 0 bridgehead atoms. The van der Waals surface area contributed by atoms with Crippen LogP contribution in [-0.2, 0) is 9.53 Å². The second-order valence-electron chi connectivity index (χ2n) is 8.41. The smallest absolute Gasteiger partial charge is 0.217 e. The molecule has 0 aromatic heterocycles. The van der Waals surface area contributed by atoms with Crippen molar-refractivity contribution in [3.05, 3.63) is 0 Å². The first-order chi connectivity index (χ1) is 13.1. The molecule has 1 amide bonds. The highest BCUT2D eigenvalue weighted by Crippen LogP contribution is 2.34. The molecule has 27 heavy (non-hydrogen) atoms. The average molecular weight is 380 g/mol. The lowest BCUT2D eigenvalue weighted by molar-refractivity contribution is -0.119. The Morgan fingerprint density at radius 2 is 1.93 bits per heavy atom. The molecular formula is C20H37N5O2. The first-order valence-electron chi connectivity index (χ1n) is 10.7. The average Bonchev–Trinajstić information content (AvgIpc) is 2.70. The molecule has 1 atom stereocenters. The number of morpholine rings is 1. The summed E-state index contributed by atoms with van der Waals surface area (Å²) in [5.74, 6) is 1.12. The van der Waals surface area contributed by atoms with Crippen molar-refractivity contribution in [3.8, 4) is 0 Å². The van der Waals surface area contributed by atoms with Gasteiger partial charge in [0.1, 0.15) is 0 Å². The highest BCUT2D eigenvalue weighted by Gasteiger charge is 2.39. The Balaban J connectivity index is 1.61. The van der Waals surface area contributed by atoms with Crippen LogP contribution in [0, 0.1) is 5.92 Å². The summed E-state index contributed by atoms with van der Waals surface area (Å²) >= 11 is 0. The number of nitrogens with one attached hydrogen (secondary N) is 1. The van der Waals surface area contributed by atoms with Gasteiger partial charge in [-0.05, 0) is 31.6 Å². The van der Waals surface area contributed by atoms with Crippen molar-refractivity contribution in [3.63, 3.8) is 0 Å². The maximum absolute atomic E-state index is 11.3. The Bertz CT molecular complexity index is 513. The number of ether oxygens (including phenoxy) is 1. The molecule has 1 unspecified atom stereocenters. The van der Waals surface area contributed by atoms with E-state index in [1.54, 1.807) is 0 Å². The third kappa shape index (κ3) is 5.35. The van der Waals surface area contributed by atoms with E-state index in [2.05, 4.69) is 20.1 Å². The molecule has 0 spiro atoms. The van der Waals surface area contributed by atoms with E-state index in [9.17, 15) is 4.79 Å². The first-order valence-corrected chi connectivity index (χ1v) is 10.7. The van der Waals surface area contributed by atoms with Crippen LogP contribution in [0.1, 0.15) is 51.4 Å². The van der Waals surface area contributed by atoms with Gasteiger partial charge in [0, 0.05) is 51.7 Å². The third-order valence-corrected chi connectivity index (χ3v) is 6.56. The van der Waals surface area contributed by atoms with Crippen molar-refractivity contribution in [1.82, 2.24) is 15.1 Å². The van der Waals surface area contributed by atoms with Crippen LogP contribution < -0.4 is 11.1 Å². The largest absolute Gasteiger partial charge is 0.379 e. The van der Waals surface area contributed by atoms with Gasteiger partial charge in [0.15, 0.2) is 5.96 Å². The van der Waals surface area contributed by atoms with Gasteiger partial charge in [0.05, 0.1) is 13.2 Å². The van der Waals surface area contributed by atoms with E-state index in [-0.39, 0.29) is 11.4 Å². The zero-order valence-corrected chi connectivity index (χ0v) is 16.9. The number of aliphatic imine (C=N–C) groups is 1. The Hall–Kier alpha value is -1.34. The number of hydrogen-bond donors (Lipinski definition) is 2. The lowest BCUT2D eigenvalue weighted by atomic mass is 9.79. The van der Waals surface area contributed by atoms with Crippen molar-refractivity contribution in [2.45, 2.75) is 56.9 Å². The standard InChI is InChI=1S/C20H37N5O2/c1-22-19(24-9-5-6-17(15-24)14-18(21)26)23-16-20(7-3-2-4-8-20)25-10-12-27-13-11-25/h17H,2-16H2,1H3,(H2,21,26)(H,22,23). The lowest BCUT2D eigenvalue weighted by Gasteiger charge is -2.48.